The fourth-order valence-corrected chi connectivity index (χ4v) is 1.83. The number of nitrogens with one attached hydrogen (secondary N) is 1. The van der Waals surface area contributed by atoms with Crippen LogP contribution in [0.1, 0.15) is 18.1 Å². The predicted octanol–water partition coefficient (Wildman–Crippen LogP) is 1.99. The molecule has 20 heavy (non-hydrogen) atoms. The van der Waals surface area contributed by atoms with E-state index in [9.17, 15) is 0 Å². The van der Waals surface area contributed by atoms with Crippen LogP contribution in [-0.4, -0.2) is 23.1 Å². The molecule has 2 rings (SSSR count). The van der Waals surface area contributed by atoms with Gasteiger partial charge in [0.25, 0.3) is 0 Å². The summed E-state index contributed by atoms with van der Waals surface area (Å²) >= 11 is 0. The summed E-state index contributed by atoms with van der Waals surface area (Å²) in [5, 5.41) is 3.18. The van der Waals surface area contributed by atoms with E-state index in [2.05, 4.69) is 39.6 Å². The van der Waals surface area contributed by atoms with Crippen molar-refractivity contribution in [3.8, 4) is 5.88 Å². The minimum Gasteiger partial charge on any atom is -0.478 e. The molecule has 1 aromatic carbocycles. The molecular weight excluding hydrogens is 252 g/mol. The lowest BCUT2D eigenvalue weighted by Crippen LogP contribution is -2.05. The van der Waals surface area contributed by atoms with Crippen LogP contribution in [0.3, 0.4) is 0 Å². The largest absolute Gasteiger partial charge is 0.478 e. The molecule has 5 nitrogen and oxygen atoms in total. The Morgan fingerprint density at radius 3 is 2.60 bits per heavy atom. The van der Waals surface area contributed by atoms with Gasteiger partial charge in [-0.3, -0.25) is 0 Å². The summed E-state index contributed by atoms with van der Waals surface area (Å²) < 4.78 is 5.34. The van der Waals surface area contributed by atoms with E-state index in [1.54, 1.807) is 12.3 Å². The molecule has 0 amide bonds. The van der Waals surface area contributed by atoms with Crippen molar-refractivity contribution in [2.75, 3.05) is 18.5 Å². The van der Waals surface area contributed by atoms with Crippen molar-refractivity contribution in [1.29, 1.82) is 0 Å². The Kier molecular flexibility index (Phi) is 5.32. The lowest BCUT2D eigenvalue weighted by Gasteiger charge is -2.07. The van der Waals surface area contributed by atoms with Gasteiger partial charge in [-0.05, 0) is 31.0 Å². The lowest BCUT2D eigenvalue weighted by atomic mass is 10.1. The van der Waals surface area contributed by atoms with E-state index >= 15 is 0 Å². The molecule has 0 fully saturated rings. The zero-order chi connectivity index (χ0) is 14.2. The first-order valence-corrected chi connectivity index (χ1v) is 6.79. The second kappa shape index (κ2) is 7.45. The van der Waals surface area contributed by atoms with E-state index in [0.717, 1.165) is 6.42 Å². The van der Waals surface area contributed by atoms with Crippen LogP contribution in [0.25, 0.3) is 0 Å². The third-order valence-electron chi connectivity index (χ3n) is 2.83. The zero-order valence-corrected chi connectivity index (χ0v) is 11.7. The van der Waals surface area contributed by atoms with Crippen LogP contribution >= 0.6 is 0 Å². The van der Waals surface area contributed by atoms with Gasteiger partial charge < -0.3 is 15.8 Å². The van der Waals surface area contributed by atoms with Gasteiger partial charge in [0.05, 0.1) is 6.61 Å². The molecule has 1 aromatic heterocycles. The van der Waals surface area contributed by atoms with Crippen molar-refractivity contribution in [2.24, 2.45) is 5.73 Å². The average Bonchev–Trinajstić information content (AvgIpc) is 2.48. The monoisotopic (exact) mass is 272 g/mol. The second-order valence-electron chi connectivity index (χ2n) is 4.36. The Balaban J connectivity index is 1.92. The molecule has 1 heterocycles. The van der Waals surface area contributed by atoms with Crippen LogP contribution < -0.4 is 15.8 Å². The maximum absolute atomic E-state index is 5.53. The van der Waals surface area contributed by atoms with Gasteiger partial charge in [-0.25, -0.2) is 4.98 Å². The molecule has 0 aliphatic rings. The molecule has 0 saturated carbocycles. The van der Waals surface area contributed by atoms with Crippen LogP contribution in [-0.2, 0) is 13.0 Å². The quantitative estimate of drug-likeness (QED) is 0.806. The molecule has 0 unspecified atom stereocenters. The van der Waals surface area contributed by atoms with Gasteiger partial charge in [0.2, 0.25) is 11.8 Å². The smallest absolute Gasteiger partial charge is 0.226 e. The first-order valence-electron chi connectivity index (χ1n) is 6.79. The Morgan fingerprint density at radius 2 is 1.90 bits per heavy atom. The van der Waals surface area contributed by atoms with E-state index in [1.165, 1.54) is 11.1 Å². The molecule has 2 aromatic rings. The van der Waals surface area contributed by atoms with Gasteiger partial charge in [0, 0.05) is 18.8 Å². The Labute approximate surface area is 119 Å². The number of hydrogen-bond donors (Lipinski definition) is 2. The van der Waals surface area contributed by atoms with Crippen molar-refractivity contribution in [3.63, 3.8) is 0 Å². The number of nitrogens with zero attached hydrogens (tertiary/aromatic N) is 2. The third kappa shape index (κ3) is 4.20. The van der Waals surface area contributed by atoms with Gasteiger partial charge >= 0.3 is 0 Å². The van der Waals surface area contributed by atoms with E-state index in [0.29, 0.717) is 31.5 Å². The summed E-state index contributed by atoms with van der Waals surface area (Å²) in [6.07, 6.45) is 2.60. The SMILES string of the molecule is CCOc1ccnc(NCc2ccc(CCN)cc2)n1. The molecule has 0 aliphatic carbocycles. The summed E-state index contributed by atoms with van der Waals surface area (Å²) in [4.78, 5) is 8.43. The highest BCUT2D eigenvalue weighted by Crippen LogP contribution is 2.10. The van der Waals surface area contributed by atoms with Crippen LogP contribution in [0.15, 0.2) is 36.5 Å². The minimum absolute atomic E-state index is 0.571. The molecule has 0 saturated heterocycles. The van der Waals surface area contributed by atoms with E-state index in [-0.39, 0.29) is 0 Å². The molecular formula is C15H20N4O. The summed E-state index contributed by atoms with van der Waals surface area (Å²) in [7, 11) is 0. The van der Waals surface area contributed by atoms with Gasteiger partial charge in [-0.2, -0.15) is 4.98 Å². The fourth-order valence-electron chi connectivity index (χ4n) is 1.83. The van der Waals surface area contributed by atoms with Crippen molar-refractivity contribution < 1.29 is 4.74 Å². The molecule has 106 valence electrons. The fraction of sp³-hybridized carbons (Fsp3) is 0.333. The number of ether oxygens (including phenoxy) is 1. The number of nitrogens with two attached hydrogens (primary N) is 1. The van der Waals surface area contributed by atoms with Crippen LogP contribution in [0.2, 0.25) is 0 Å². The first kappa shape index (κ1) is 14.3. The average molecular weight is 272 g/mol. The number of hydrogen-bond acceptors (Lipinski definition) is 5. The van der Waals surface area contributed by atoms with E-state index < -0.39 is 0 Å². The maximum atomic E-state index is 5.53. The molecule has 5 heteroatoms. The van der Waals surface area contributed by atoms with Crippen molar-refractivity contribution in [2.45, 2.75) is 19.9 Å². The Morgan fingerprint density at radius 1 is 1.15 bits per heavy atom. The second-order valence-corrected chi connectivity index (χ2v) is 4.36. The van der Waals surface area contributed by atoms with Crippen LogP contribution in [0.5, 0.6) is 5.88 Å². The standard InChI is InChI=1S/C15H20N4O/c1-2-20-14-8-10-17-15(19-14)18-11-13-5-3-12(4-6-13)7-9-16/h3-6,8,10H,2,7,9,11,16H2,1H3,(H,17,18,19). The summed E-state index contributed by atoms with van der Waals surface area (Å²) in [5.41, 5.74) is 7.96. The zero-order valence-electron chi connectivity index (χ0n) is 11.7. The van der Waals surface area contributed by atoms with Crippen LogP contribution in [0, 0.1) is 0 Å². The highest BCUT2D eigenvalue weighted by atomic mass is 16.5. The first-order chi connectivity index (χ1) is 9.81. The van der Waals surface area contributed by atoms with E-state index in [1.807, 2.05) is 6.92 Å². The minimum atomic E-state index is 0.571. The lowest BCUT2D eigenvalue weighted by molar-refractivity contribution is 0.326. The maximum Gasteiger partial charge on any atom is 0.226 e. The number of anilines is 1. The molecule has 0 radical (unpaired) electrons. The van der Waals surface area contributed by atoms with Gasteiger partial charge in [0.1, 0.15) is 0 Å². The van der Waals surface area contributed by atoms with Crippen LogP contribution in [0.4, 0.5) is 5.95 Å². The third-order valence-corrected chi connectivity index (χ3v) is 2.83. The predicted molar refractivity (Wildman–Crippen MR) is 79.7 cm³/mol. The molecule has 0 atom stereocenters. The number of rotatable bonds is 7. The highest BCUT2D eigenvalue weighted by Gasteiger charge is 2.00. The van der Waals surface area contributed by atoms with Gasteiger partial charge in [-0.15, -0.1) is 0 Å². The van der Waals surface area contributed by atoms with Crippen molar-refractivity contribution in [1.82, 2.24) is 9.97 Å². The van der Waals surface area contributed by atoms with Crippen molar-refractivity contribution in [3.05, 3.63) is 47.7 Å². The summed E-state index contributed by atoms with van der Waals surface area (Å²) in [5.74, 6) is 1.16. The Hall–Kier alpha value is -2.14. The normalized spacial score (nSPS) is 10.3. The molecule has 0 bridgehead atoms. The van der Waals surface area contributed by atoms with Crippen molar-refractivity contribution >= 4 is 5.95 Å². The molecule has 0 spiro atoms. The Bertz CT molecular complexity index is 528. The summed E-state index contributed by atoms with van der Waals surface area (Å²) in [6.45, 7) is 3.88. The summed E-state index contributed by atoms with van der Waals surface area (Å²) in [6, 6.07) is 10.1. The highest BCUT2D eigenvalue weighted by molar-refractivity contribution is 5.31. The number of aromatic nitrogens is 2. The molecule has 0 aliphatic heterocycles. The number of benzene rings is 1. The van der Waals surface area contributed by atoms with Gasteiger partial charge in [0.15, 0.2) is 0 Å². The van der Waals surface area contributed by atoms with E-state index in [4.69, 9.17) is 10.5 Å². The van der Waals surface area contributed by atoms with Gasteiger partial charge in [-0.1, -0.05) is 24.3 Å². The topological polar surface area (TPSA) is 73.1 Å². The molecule has 3 N–H and O–H groups in total.